The highest BCUT2D eigenvalue weighted by atomic mass is 16.5. The Balaban J connectivity index is 1.44. The second-order valence-corrected chi connectivity index (χ2v) is 9.05. The number of hydrogen-bond donors (Lipinski definition) is 2. The standard InChI is InChI=1S/C25H36N4O9/c1-17(26-20(30)8-10-28-22(32)4-5-23(28)33)14-36-12-13-37-16-19(3)38-15-18(2)27-21(31)9-11-29-24(34)6-7-25(29)35/h4-7,17-19H,8-16H2,1-3H3,(H,26,30)(H,27,31). The second-order valence-electron chi connectivity index (χ2n) is 9.05. The van der Waals surface area contributed by atoms with E-state index >= 15 is 0 Å². The maximum atomic E-state index is 12.0. The van der Waals surface area contributed by atoms with E-state index in [-0.39, 0.29) is 69.1 Å². The van der Waals surface area contributed by atoms with Crippen LogP contribution in [-0.4, -0.2) is 110 Å². The van der Waals surface area contributed by atoms with Gasteiger partial charge in [0.15, 0.2) is 0 Å². The Kier molecular flexibility index (Phi) is 12.8. The first kappa shape index (κ1) is 30.8. The first-order valence-electron chi connectivity index (χ1n) is 12.5. The third-order valence-corrected chi connectivity index (χ3v) is 5.46. The summed E-state index contributed by atoms with van der Waals surface area (Å²) in [7, 11) is 0. The average molecular weight is 537 g/mol. The van der Waals surface area contributed by atoms with E-state index in [2.05, 4.69) is 10.6 Å². The molecule has 6 amide bonds. The van der Waals surface area contributed by atoms with Crippen molar-refractivity contribution in [3.8, 4) is 0 Å². The fourth-order valence-electron chi connectivity index (χ4n) is 3.49. The monoisotopic (exact) mass is 536 g/mol. The number of carbonyl (C=O) groups excluding carboxylic acids is 6. The van der Waals surface area contributed by atoms with Crippen LogP contribution in [0, 0.1) is 0 Å². The molecule has 0 radical (unpaired) electrons. The largest absolute Gasteiger partial charge is 0.377 e. The molecule has 13 heteroatoms. The Labute approximate surface area is 221 Å². The van der Waals surface area contributed by atoms with Crippen LogP contribution in [0.15, 0.2) is 24.3 Å². The molecule has 2 heterocycles. The Morgan fingerprint density at radius 2 is 1.08 bits per heavy atom. The number of ether oxygens (including phenoxy) is 3. The lowest BCUT2D eigenvalue weighted by Crippen LogP contribution is -2.40. The van der Waals surface area contributed by atoms with Gasteiger partial charge in [0.1, 0.15) is 0 Å². The predicted molar refractivity (Wildman–Crippen MR) is 133 cm³/mol. The minimum atomic E-state index is -0.416. The first-order valence-corrected chi connectivity index (χ1v) is 12.5. The lowest BCUT2D eigenvalue weighted by Gasteiger charge is -2.19. The van der Waals surface area contributed by atoms with Gasteiger partial charge in [-0.1, -0.05) is 0 Å². The fraction of sp³-hybridized carbons (Fsp3) is 0.600. The topological polar surface area (TPSA) is 161 Å². The van der Waals surface area contributed by atoms with Gasteiger partial charge in [-0.25, -0.2) is 0 Å². The summed E-state index contributed by atoms with van der Waals surface area (Å²) < 4.78 is 16.7. The van der Waals surface area contributed by atoms with Crippen molar-refractivity contribution in [1.29, 1.82) is 0 Å². The summed E-state index contributed by atoms with van der Waals surface area (Å²) in [5.41, 5.74) is 0. The van der Waals surface area contributed by atoms with Gasteiger partial charge in [-0.05, 0) is 20.8 Å². The molecule has 0 aromatic heterocycles. The summed E-state index contributed by atoms with van der Waals surface area (Å²) in [5.74, 6) is -2.23. The minimum Gasteiger partial charge on any atom is -0.377 e. The first-order chi connectivity index (χ1) is 18.1. The molecule has 210 valence electrons. The highest BCUT2D eigenvalue weighted by Crippen LogP contribution is 2.05. The zero-order valence-corrected chi connectivity index (χ0v) is 22.0. The molecule has 0 bridgehead atoms. The number of hydrogen-bond acceptors (Lipinski definition) is 9. The van der Waals surface area contributed by atoms with Crippen LogP contribution in [0.1, 0.15) is 33.6 Å². The Hall–Kier alpha value is -3.42. The van der Waals surface area contributed by atoms with Gasteiger partial charge in [-0.15, -0.1) is 0 Å². The van der Waals surface area contributed by atoms with Gasteiger partial charge >= 0.3 is 0 Å². The van der Waals surface area contributed by atoms with Crippen LogP contribution < -0.4 is 10.6 Å². The van der Waals surface area contributed by atoms with Crippen molar-refractivity contribution in [2.75, 3.05) is 46.1 Å². The molecule has 3 unspecified atom stereocenters. The quantitative estimate of drug-likeness (QED) is 0.166. The lowest BCUT2D eigenvalue weighted by molar-refractivity contribution is -0.139. The number of nitrogens with zero attached hydrogens (tertiary/aromatic N) is 2. The number of carbonyl (C=O) groups is 6. The highest BCUT2D eigenvalue weighted by Gasteiger charge is 2.25. The molecule has 0 saturated carbocycles. The number of amides is 6. The van der Waals surface area contributed by atoms with E-state index in [1.807, 2.05) is 6.92 Å². The van der Waals surface area contributed by atoms with E-state index in [0.717, 1.165) is 9.80 Å². The van der Waals surface area contributed by atoms with E-state index in [0.29, 0.717) is 19.8 Å². The van der Waals surface area contributed by atoms with Gasteiger partial charge in [0.2, 0.25) is 11.8 Å². The molecule has 0 aromatic carbocycles. The van der Waals surface area contributed by atoms with Gasteiger partial charge in [0.25, 0.3) is 23.6 Å². The highest BCUT2D eigenvalue weighted by molar-refractivity contribution is 6.13. The van der Waals surface area contributed by atoms with Crippen molar-refractivity contribution in [1.82, 2.24) is 20.4 Å². The van der Waals surface area contributed by atoms with Crippen molar-refractivity contribution < 1.29 is 43.0 Å². The predicted octanol–water partition coefficient (Wildman–Crippen LogP) is -0.936. The maximum absolute atomic E-state index is 12.0. The van der Waals surface area contributed by atoms with E-state index in [4.69, 9.17) is 14.2 Å². The van der Waals surface area contributed by atoms with Gasteiger partial charge in [0, 0.05) is 62.3 Å². The summed E-state index contributed by atoms with van der Waals surface area (Å²) in [4.78, 5) is 72.0. The van der Waals surface area contributed by atoms with Gasteiger partial charge in [-0.2, -0.15) is 0 Å². The van der Waals surface area contributed by atoms with Crippen LogP contribution >= 0.6 is 0 Å². The molecule has 3 atom stereocenters. The lowest BCUT2D eigenvalue weighted by atomic mass is 10.3. The van der Waals surface area contributed by atoms with E-state index in [9.17, 15) is 28.8 Å². The molecule has 0 saturated heterocycles. The van der Waals surface area contributed by atoms with Crippen molar-refractivity contribution in [2.45, 2.75) is 51.8 Å². The van der Waals surface area contributed by atoms with Crippen LogP contribution in [0.25, 0.3) is 0 Å². The molecule has 2 N–H and O–H groups in total. The van der Waals surface area contributed by atoms with Gasteiger partial charge in [-0.3, -0.25) is 38.6 Å². The minimum absolute atomic E-state index is 0.0167. The zero-order chi connectivity index (χ0) is 28.1. The molecule has 13 nitrogen and oxygen atoms in total. The molecule has 2 aliphatic rings. The SMILES string of the molecule is CC(COCCOCC(C)OCC(C)NC(=O)CCN1C(=O)C=CC1=O)NC(=O)CCN1C(=O)C=CC1=O. The van der Waals surface area contributed by atoms with Crippen LogP contribution in [-0.2, 0) is 43.0 Å². The van der Waals surface area contributed by atoms with Crippen molar-refractivity contribution in [3.63, 3.8) is 0 Å². The molecule has 0 aromatic rings. The summed E-state index contributed by atoms with van der Waals surface area (Å²) in [5, 5.41) is 5.51. The van der Waals surface area contributed by atoms with E-state index in [1.54, 1.807) is 13.8 Å². The molecule has 0 fully saturated rings. The van der Waals surface area contributed by atoms with Crippen molar-refractivity contribution in [2.24, 2.45) is 0 Å². The zero-order valence-electron chi connectivity index (χ0n) is 22.0. The fourth-order valence-corrected chi connectivity index (χ4v) is 3.49. The molecule has 0 spiro atoms. The summed E-state index contributed by atoms with van der Waals surface area (Å²) in [6.07, 6.45) is 4.54. The Bertz CT molecular complexity index is 913. The molecule has 38 heavy (non-hydrogen) atoms. The molecule has 2 aliphatic heterocycles. The molecular weight excluding hydrogens is 500 g/mol. The normalized spacial score (nSPS) is 17.3. The summed E-state index contributed by atoms with van der Waals surface area (Å²) >= 11 is 0. The summed E-state index contributed by atoms with van der Waals surface area (Å²) in [6, 6.07) is -0.515. The average Bonchev–Trinajstić information content (AvgIpc) is 3.36. The van der Waals surface area contributed by atoms with E-state index in [1.165, 1.54) is 24.3 Å². The number of nitrogens with one attached hydrogen (secondary N) is 2. The third kappa shape index (κ3) is 10.9. The van der Waals surface area contributed by atoms with Crippen LogP contribution in [0.3, 0.4) is 0 Å². The molecular formula is C25H36N4O9. The van der Waals surface area contributed by atoms with Crippen LogP contribution in [0.4, 0.5) is 0 Å². The van der Waals surface area contributed by atoms with Gasteiger partial charge < -0.3 is 24.8 Å². The van der Waals surface area contributed by atoms with Crippen LogP contribution in [0.5, 0.6) is 0 Å². The Morgan fingerprint density at radius 3 is 1.53 bits per heavy atom. The smallest absolute Gasteiger partial charge is 0.253 e. The van der Waals surface area contributed by atoms with E-state index < -0.39 is 23.6 Å². The van der Waals surface area contributed by atoms with Crippen molar-refractivity contribution in [3.05, 3.63) is 24.3 Å². The van der Waals surface area contributed by atoms with Crippen LogP contribution in [0.2, 0.25) is 0 Å². The maximum Gasteiger partial charge on any atom is 0.253 e. The Morgan fingerprint density at radius 1 is 0.684 bits per heavy atom. The third-order valence-electron chi connectivity index (χ3n) is 5.46. The second kappa shape index (κ2) is 15.7. The van der Waals surface area contributed by atoms with Crippen molar-refractivity contribution >= 4 is 35.4 Å². The number of rotatable bonds is 18. The van der Waals surface area contributed by atoms with Gasteiger partial charge in [0.05, 0.1) is 39.1 Å². The molecule has 2 rings (SSSR count). The molecule has 0 aliphatic carbocycles. The number of imide groups is 2. The summed E-state index contributed by atoms with van der Waals surface area (Å²) in [6.45, 7) is 6.99.